The Balaban J connectivity index is 2.47. The van der Waals surface area contributed by atoms with Crippen LogP contribution in [0.2, 0.25) is 0 Å². The number of halogens is 1. The predicted octanol–water partition coefficient (Wildman–Crippen LogP) is 3.27. The van der Waals surface area contributed by atoms with Gasteiger partial charge in [0.25, 0.3) is 0 Å². The summed E-state index contributed by atoms with van der Waals surface area (Å²) in [7, 11) is 1.49. The molecule has 0 saturated carbocycles. The zero-order valence-corrected chi connectivity index (χ0v) is 11.2. The molecule has 0 amide bonds. The number of ether oxygens (including phenoxy) is 1. The molecular weight excluding hydrogens is 247 g/mol. The maximum absolute atomic E-state index is 14.0. The Morgan fingerprint density at radius 1 is 1.42 bits per heavy atom. The molecule has 5 heteroatoms. The molecule has 0 aliphatic carbocycles. The Morgan fingerprint density at radius 2 is 2.16 bits per heavy atom. The summed E-state index contributed by atoms with van der Waals surface area (Å²) in [5.41, 5.74) is 6.88. The third-order valence-corrected chi connectivity index (χ3v) is 2.85. The number of anilines is 1. The molecule has 0 aliphatic heterocycles. The van der Waals surface area contributed by atoms with E-state index in [1.54, 1.807) is 12.1 Å². The molecule has 0 unspecified atom stereocenters. The van der Waals surface area contributed by atoms with Crippen molar-refractivity contribution in [3.63, 3.8) is 0 Å². The van der Waals surface area contributed by atoms with Gasteiger partial charge in [-0.1, -0.05) is 19.0 Å². The van der Waals surface area contributed by atoms with Crippen LogP contribution in [0, 0.1) is 11.7 Å². The van der Waals surface area contributed by atoms with E-state index in [1.807, 2.05) is 0 Å². The van der Waals surface area contributed by atoms with Crippen LogP contribution < -0.4 is 10.5 Å². The van der Waals surface area contributed by atoms with E-state index < -0.39 is 5.82 Å². The van der Waals surface area contributed by atoms with Crippen LogP contribution >= 0.6 is 0 Å². The molecular formula is C14H17FN2O2. The predicted molar refractivity (Wildman–Crippen MR) is 71.4 cm³/mol. The molecule has 0 saturated heterocycles. The van der Waals surface area contributed by atoms with Gasteiger partial charge in [0.1, 0.15) is 11.6 Å². The highest BCUT2D eigenvalue weighted by molar-refractivity contribution is 5.67. The first-order valence-electron chi connectivity index (χ1n) is 6.10. The molecule has 0 spiro atoms. The molecule has 19 heavy (non-hydrogen) atoms. The van der Waals surface area contributed by atoms with E-state index in [9.17, 15) is 4.39 Å². The van der Waals surface area contributed by atoms with Gasteiger partial charge in [-0.15, -0.1) is 0 Å². The molecule has 4 nitrogen and oxygen atoms in total. The highest BCUT2D eigenvalue weighted by Gasteiger charge is 2.19. The molecule has 2 aromatic rings. The average molecular weight is 264 g/mol. The molecule has 102 valence electrons. The van der Waals surface area contributed by atoms with Crippen LogP contribution in [0.1, 0.15) is 19.4 Å². The van der Waals surface area contributed by atoms with E-state index in [0.717, 1.165) is 5.56 Å². The lowest BCUT2D eigenvalue weighted by atomic mass is 9.99. The van der Waals surface area contributed by atoms with Crippen molar-refractivity contribution in [3.05, 3.63) is 29.6 Å². The second-order valence-electron chi connectivity index (χ2n) is 4.82. The number of hydrogen-bond donors (Lipinski definition) is 1. The number of nitrogens with zero attached hydrogens (tertiary/aromatic N) is 1. The van der Waals surface area contributed by atoms with E-state index >= 15 is 0 Å². The van der Waals surface area contributed by atoms with E-state index in [0.29, 0.717) is 35.2 Å². The van der Waals surface area contributed by atoms with Gasteiger partial charge in [0.2, 0.25) is 0 Å². The highest BCUT2D eigenvalue weighted by atomic mass is 19.1. The van der Waals surface area contributed by atoms with Gasteiger partial charge in [-0.2, -0.15) is 0 Å². The third-order valence-electron chi connectivity index (χ3n) is 2.85. The summed E-state index contributed by atoms with van der Waals surface area (Å²) in [6, 6.07) is 4.60. The average Bonchev–Trinajstić information content (AvgIpc) is 2.70. The van der Waals surface area contributed by atoms with Crippen LogP contribution in [-0.4, -0.2) is 12.3 Å². The van der Waals surface area contributed by atoms with Crippen LogP contribution in [0.25, 0.3) is 11.3 Å². The summed E-state index contributed by atoms with van der Waals surface area (Å²) in [6.45, 7) is 4.11. The van der Waals surface area contributed by atoms with Gasteiger partial charge in [-0.3, -0.25) is 0 Å². The van der Waals surface area contributed by atoms with Crippen molar-refractivity contribution in [2.24, 2.45) is 5.92 Å². The standard InChI is InChI=1S/C14H17FN2O2/c1-8(2)6-11-13(19-17-14(11)16)10-5-4-9(18-3)7-12(10)15/h4-5,7-8H,6H2,1-3H3,(H2,16,17). The minimum atomic E-state index is -0.416. The number of benzene rings is 1. The number of hydrogen-bond acceptors (Lipinski definition) is 4. The zero-order valence-electron chi connectivity index (χ0n) is 11.2. The molecule has 2 N–H and O–H groups in total. The molecule has 0 radical (unpaired) electrons. The number of nitrogen functional groups attached to an aromatic ring is 1. The summed E-state index contributed by atoms with van der Waals surface area (Å²) >= 11 is 0. The minimum absolute atomic E-state index is 0.318. The molecule has 0 aliphatic rings. The van der Waals surface area contributed by atoms with Gasteiger partial charge >= 0.3 is 0 Å². The second-order valence-corrected chi connectivity index (χ2v) is 4.82. The summed E-state index contributed by atoms with van der Waals surface area (Å²) in [6.07, 6.45) is 0.691. The fourth-order valence-corrected chi connectivity index (χ4v) is 1.95. The Bertz CT molecular complexity index is 579. The second kappa shape index (κ2) is 5.30. The largest absolute Gasteiger partial charge is 0.497 e. The number of aromatic nitrogens is 1. The Morgan fingerprint density at radius 3 is 2.74 bits per heavy atom. The summed E-state index contributed by atoms with van der Waals surface area (Å²) in [4.78, 5) is 0. The maximum Gasteiger partial charge on any atom is 0.175 e. The first-order chi connectivity index (χ1) is 9.02. The molecule has 1 heterocycles. The highest BCUT2D eigenvalue weighted by Crippen LogP contribution is 2.32. The third kappa shape index (κ3) is 2.70. The topological polar surface area (TPSA) is 61.3 Å². The van der Waals surface area contributed by atoms with Crippen LogP contribution in [0.5, 0.6) is 5.75 Å². The molecule has 1 aromatic carbocycles. The molecule has 1 aromatic heterocycles. The van der Waals surface area contributed by atoms with Crippen molar-refractivity contribution >= 4 is 5.82 Å². The molecule has 2 rings (SSSR count). The van der Waals surface area contributed by atoms with Crippen molar-refractivity contribution in [2.75, 3.05) is 12.8 Å². The lowest BCUT2D eigenvalue weighted by Crippen LogP contribution is -1.99. The van der Waals surface area contributed by atoms with Crippen molar-refractivity contribution in [1.29, 1.82) is 0 Å². The summed E-state index contributed by atoms with van der Waals surface area (Å²) < 4.78 is 24.2. The normalized spacial score (nSPS) is 11.0. The smallest absolute Gasteiger partial charge is 0.175 e. The molecule has 0 bridgehead atoms. The lowest BCUT2D eigenvalue weighted by molar-refractivity contribution is 0.410. The maximum atomic E-state index is 14.0. The lowest BCUT2D eigenvalue weighted by Gasteiger charge is -2.07. The Hall–Kier alpha value is -2.04. The quantitative estimate of drug-likeness (QED) is 0.920. The van der Waals surface area contributed by atoms with Crippen LogP contribution in [0.4, 0.5) is 10.2 Å². The Kier molecular flexibility index (Phi) is 3.74. The molecule has 0 atom stereocenters. The van der Waals surface area contributed by atoms with Crippen LogP contribution in [0.3, 0.4) is 0 Å². The fourth-order valence-electron chi connectivity index (χ4n) is 1.95. The summed E-state index contributed by atoms with van der Waals surface area (Å²) in [5, 5.41) is 3.73. The van der Waals surface area contributed by atoms with Gasteiger partial charge in [0.05, 0.1) is 12.7 Å². The fraction of sp³-hybridized carbons (Fsp3) is 0.357. The van der Waals surface area contributed by atoms with Gasteiger partial charge in [0, 0.05) is 11.6 Å². The number of rotatable bonds is 4. The van der Waals surface area contributed by atoms with Crippen molar-refractivity contribution in [1.82, 2.24) is 5.16 Å². The minimum Gasteiger partial charge on any atom is -0.497 e. The molecule has 0 fully saturated rings. The van der Waals surface area contributed by atoms with Crippen molar-refractivity contribution in [2.45, 2.75) is 20.3 Å². The summed E-state index contributed by atoms with van der Waals surface area (Å²) in [5.74, 6) is 1.13. The SMILES string of the molecule is COc1ccc(-c2onc(N)c2CC(C)C)c(F)c1. The number of nitrogens with two attached hydrogens (primary N) is 1. The van der Waals surface area contributed by atoms with E-state index in [1.165, 1.54) is 13.2 Å². The van der Waals surface area contributed by atoms with E-state index in [2.05, 4.69) is 19.0 Å². The van der Waals surface area contributed by atoms with E-state index in [4.69, 9.17) is 15.0 Å². The first-order valence-corrected chi connectivity index (χ1v) is 6.10. The van der Waals surface area contributed by atoms with Gasteiger partial charge in [0.15, 0.2) is 11.6 Å². The van der Waals surface area contributed by atoms with Crippen molar-refractivity contribution in [3.8, 4) is 17.1 Å². The van der Waals surface area contributed by atoms with E-state index in [-0.39, 0.29) is 0 Å². The van der Waals surface area contributed by atoms with Crippen LogP contribution in [-0.2, 0) is 6.42 Å². The first kappa shape index (κ1) is 13.4. The monoisotopic (exact) mass is 264 g/mol. The van der Waals surface area contributed by atoms with Gasteiger partial charge in [-0.25, -0.2) is 4.39 Å². The van der Waals surface area contributed by atoms with Gasteiger partial charge < -0.3 is 15.0 Å². The van der Waals surface area contributed by atoms with Crippen LogP contribution in [0.15, 0.2) is 22.7 Å². The Labute approximate surface area is 111 Å². The number of methoxy groups -OCH3 is 1. The van der Waals surface area contributed by atoms with Gasteiger partial charge in [-0.05, 0) is 24.5 Å². The zero-order chi connectivity index (χ0) is 14.0. The van der Waals surface area contributed by atoms with Crippen molar-refractivity contribution < 1.29 is 13.7 Å².